The molecule has 0 spiro atoms. The van der Waals surface area contributed by atoms with Gasteiger partial charge in [-0.1, -0.05) is 0 Å². The maximum absolute atomic E-state index is 8.58. The fourth-order valence-electron chi connectivity index (χ4n) is 1.58. The van der Waals surface area contributed by atoms with Gasteiger partial charge in [-0.2, -0.15) is 5.26 Å². The first kappa shape index (κ1) is 12.9. The molecule has 0 radical (unpaired) electrons. The van der Waals surface area contributed by atoms with Crippen LogP contribution in [0.2, 0.25) is 0 Å². The number of hydrogen-bond acceptors (Lipinski definition) is 6. The molecule has 2 rings (SSSR count). The lowest BCUT2D eigenvalue weighted by molar-refractivity contribution is 0.551. The second-order valence-electron chi connectivity index (χ2n) is 4.13. The van der Waals surface area contributed by atoms with E-state index in [1.54, 1.807) is 0 Å². The van der Waals surface area contributed by atoms with Crippen LogP contribution < -0.4 is 10.2 Å². The van der Waals surface area contributed by atoms with Gasteiger partial charge in [-0.15, -0.1) is 0 Å². The minimum atomic E-state index is 0.459. The van der Waals surface area contributed by atoms with Crippen molar-refractivity contribution >= 4 is 17.5 Å². The molecule has 0 atom stereocenters. The SMILES string of the molecule is Cc1ccc(Nc2cc(N(C)CCC#N)ncn2)o1. The summed E-state index contributed by atoms with van der Waals surface area (Å²) in [4.78, 5) is 10.2. The number of nitriles is 1. The summed E-state index contributed by atoms with van der Waals surface area (Å²) in [5, 5.41) is 11.6. The van der Waals surface area contributed by atoms with Gasteiger partial charge < -0.3 is 14.6 Å². The number of hydrogen-bond donors (Lipinski definition) is 1. The van der Waals surface area contributed by atoms with E-state index in [4.69, 9.17) is 9.68 Å². The third-order valence-electron chi connectivity index (χ3n) is 2.59. The van der Waals surface area contributed by atoms with Gasteiger partial charge in [0.15, 0.2) is 5.88 Å². The van der Waals surface area contributed by atoms with Crippen LogP contribution in [0.1, 0.15) is 12.2 Å². The highest BCUT2D eigenvalue weighted by molar-refractivity contribution is 5.55. The second kappa shape index (κ2) is 5.87. The average molecular weight is 257 g/mol. The molecule has 0 unspecified atom stereocenters. The summed E-state index contributed by atoms with van der Waals surface area (Å²) in [6, 6.07) is 7.65. The highest BCUT2D eigenvalue weighted by Crippen LogP contribution is 2.19. The lowest BCUT2D eigenvalue weighted by Gasteiger charge is -2.16. The lowest BCUT2D eigenvalue weighted by atomic mass is 10.4. The predicted molar refractivity (Wildman–Crippen MR) is 72.3 cm³/mol. The van der Waals surface area contributed by atoms with Crippen molar-refractivity contribution in [2.24, 2.45) is 0 Å². The average Bonchev–Trinajstić information content (AvgIpc) is 2.81. The van der Waals surface area contributed by atoms with E-state index in [0.717, 1.165) is 11.6 Å². The zero-order valence-corrected chi connectivity index (χ0v) is 10.9. The third kappa shape index (κ3) is 3.45. The van der Waals surface area contributed by atoms with Crippen molar-refractivity contribution < 1.29 is 4.42 Å². The number of aryl methyl sites for hydroxylation is 1. The topological polar surface area (TPSA) is 78.0 Å². The molecule has 2 heterocycles. The molecule has 1 N–H and O–H groups in total. The molecular weight excluding hydrogens is 242 g/mol. The highest BCUT2D eigenvalue weighted by atomic mass is 16.4. The largest absolute Gasteiger partial charge is 0.446 e. The lowest BCUT2D eigenvalue weighted by Crippen LogP contribution is -2.19. The molecule has 0 amide bonds. The van der Waals surface area contributed by atoms with Crippen LogP contribution in [0.3, 0.4) is 0 Å². The number of nitrogens with zero attached hydrogens (tertiary/aromatic N) is 4. The second-order valence-corrected chi connectivity index (χ2v) is 4.13. The van der Waals surface area contributed by atoms with E-state index >= 15 is 0 Å². The Balaban J connectivity index is 2.08. The van der Waals surface area contributed by atoms with E-state index in [2.05, 4.69) is 21.4 Å². The van der Waals surface area contributed by atoms with Crippen molar-refractivity contribution in [3.8, 4) is 6.07 Å². The summed E-state index contributed by atoms with van der Waals surface area (Å²) in [5.74, 6) is 2.89. The first-order chi connectivity index (χ1) is 9.19. The zero-order chi connectivity index (χ0) is 13.7. The fourth-order valence-corrected chi connectivity index (χ4v) is 1.58. The molecule has 6 nitrogen and oxygen atoms in total. The van der Waals surface area contributed by atoms with Crippen molar-refractivity contribution in [1.82, 2.24) is 9.97 Å². The summed E-state index contributed by atoms with van der Waals surface area (Å²) >= 11 is 0. The van der Waals surface area contributed by atoms with Gasteiger partial charge in [0, 0.05) is 25.7 Å². The summed E-state index contributed by atoms with van der Waals surface area (Å²) < 4.78 is 5.42. The van der Waals surface area contributed by atoms with Gasteiger partial charge in [-0.25, -0.2) is 9.97 Å². The Morgan fingerprint density at radius 1 is 1.42 bits per heavy atom. The predicted octanol–water partition coefficient (Wildman–Crippen LogP) is 2.47. The van der Waals surface area contributed by atoms with Crippen LogP contribution in [-0.2, 0) is 0 Å². The summed E-state index contributed by atoms with van der Waals surface area (Å²) in [6.07, 6.45) is 1.94. The van der Waals surface area contributed by atoms with Gasteiger partial charge in [0.05, 0.1) is 12.5 Å². The van der Waals surface area contributed by atoms with Crippen molar-refractivity contribution in [2.45, 2.75) is 13.3 Å². The van der Waals surface area contributed by atoms with Crippen molar-refractivity contribution in [3.63, 3.8) is 0 Å². The van der Waals surface area contributed by atoms with Gasteiger partial charge in [0.25, 0.3) is 0 Å². The maximum atomic E-state index is 8.58. The van der Waals surface area contributed by atoms with E-state index in [0.29, 0.717) is 24.7 Å². The van der Waals surface area contributed by atoms with Crippen LogP contribution in [0, 0.1) is 18.3 Å². The molecule has 0 saturated carbocycles. The van der Waals surface area contributed by atoms with Gasteiger partial charge in [-0.3, -0.25) is 0 Å². The van der Waals surface area contributed by atoms with Crippen molar-refractivity contribution in [3.05, 3.63) is 30.3 Å². The summed E-state index contributed by atoms with van der Waals surface area (Å²) in [7, 11) is 1.89. The van der Waals surface area contributed by atoms with Gasteiger partial charge in [-0.05, 0) is 13.0 Å². The normalized spacial score (nSPS) is 9.95. The Morgan fingerprint density at radius 3 is 2.95 bits per heavy atom. The van der Waals surface area contributed by atoms with Gasteiger partial charge in [0.1, 0.15) is 23.7 Å². The Labute approximate surface area is 111 Å². The van der Waals surface area contributed by atoms with Crippen LogP contribution in [0.15, 0.2) is 28.9 Å². The molecule has 0 aliphatic heterocycles. The van der Waals surface area contributed by atoms with Crippen molar-refractivity contribution in [2.75, 3.05) is 23.8 Å². The van der Waals surface area contributed by atoms with E-state index in [1.165, 1.54) is 6.33 Å². The van der Waals surface area contributed by atoms with Crippen LogP contribution in [0.4, 0.5) is 17.5 Å². The quantitative estimate of drug-likeness (QED) is 0.886. The number of furan rings is 1. The number of nitrogens with one attached hydrogen (secondary N) is 1. The fraction of sp³-hybridized carbons (Fsp3) is 0.308. The van der Waals surface area contributed by atoms with E-state index < -0.39 is 0 Å². The molecule has 19 heavy (non-hydrogen) atoms. The molecule has 2 aromatic heterocycles. The zero-order valence-electron chi connectivity index (χ0n) is 10.9. The standard InChI is InChI=1S/C13H15N5O/c1-10-4-5-13(19-10)17-11-8-12(16-9-15-11)18(2)7-3-6-14/h4-5,8-9H,3,7H2,1-2H3,(H,15,16,17). The highest BCUT2D eigenvalue weighted by Gasteiger charge is 2.05. The Morgan fingerprint density at radius 2 is 2.26 bits per heavy atom. The smallest absolute Gasteiger partial charge is 0.198 e. The Kier molecular flexibility index (Phi) is 3.98. The molecule has 0 fully saturated rings. The summed E-state index contributed by atoms with van der Waals surface area (Å²) in [6.45, 7) is 2.51. The van der Waals surface area contributed by atoms with E-state index in [1.807, 2.05) is 37.1 Å². The molecule has 0 aliphatic carbocycles. The first-order valence-corrected chi connectivity index (χ1v) is 5.92. The Hall–Kier alpha value is -2.55. The van der Waals surface area contributed by atoms with Crippen LogP contribution in [-0.4, -0.2) is 23.6 Å². The van der Waals surface area contributed by atoms with Crippen LogP contribution in [0.5, 0.6) is 0 Å². The first-order valence-electron chi connectivity index (χ1n) is 5.92. The molecule has 0 saturated heterocycles. The molecule has 6 heteroatoms. The molecule has 98 valence electrons. The van der Waals surface area contributed by atoms with Crippen LogP contribution in [0.25, 0.3) is 0 Å². The molecule has 0 bridgehead atoms. The maximum Gasteiger partial charge on any atom is 0.198 e. The van der Waals surface area contributed by atoms with E-state index in [9.17, 15) is 0 Å². The van der Waals surface area contributed by atoms with Crippen LogP contribution >= 0.6 is 0 Å². The number of aromatic nitrogens is 2. The Bertz CT molecular complexity index is 587. The minimum Gasteiger partial charge on any atom is -0.446 e. The number of anilines is 3. The monoisotopic (exact) mass is 257 g/mol. The number of rotatable bonds is 5. The van der Waals surface area contributed by atoms with E-state index in [-0.39, 0.29) is 0 Å². The minimum absolute atomic E-state index is 0.459. The molecule has 0 aliphatic rings. The van der Waals surface area contributed by atoms with Crippen molar-refractivity contribution in [1.29, 1.82) is 5.26 Å². The molecular formula is C13H15N5O. The summed E-state index contributed by atoms with van der Waals surface area (Å²) in [5.41, 5.74) is 0. The molecule has 2 aromatic rings. The third-order valence-corrected chi connectivity index (χ3v) is 2.59. The van der Waals surface area contributed by atoms with Gasteiger partial charge >= 0.3 is 0 Å². The van der Waals surface area contributed by atoms with Gasteiger partial charge in [0.2, 0.25) is 0 Å². The molecule has 0 aromatic carbocycles.